The largest absolute Gasteiger partial charge is 0.313 e. The Hall–Kier alpha value is -0.0800. The van der Waals surface area contributed by atoms with E-state index < -0.39 is 0 Å². The zero-order valence-corrected chi connectivity index (χ0v) is 12.2. The lowest BCUT2D eigenvalue weighted by Crippen LogP contribution is -2.46. The van der Waals surface area contributed by atoms with Crippen LogP contribution in [-0.4, -0.2) is 36.6 Å². The van der Waals surface area contributed by atoms with Crippen molar-refractivity contribution in [3.63, 3.8) is 0 Å². The second-order valence-corrected chi connectivity index (χ2v) is 5.42. The summed E-state index contributed by atoms with van der Waals surface area (Å²) in [5.74, 6) is 0. The number of likely N-dealkylation sites (N-methyl/N-ethyl adjacent to an activating group) is 2. The fourth-order valence-corrected chi connectivity index (χ4v) is 3.16. The summed E-state index contributed by atoms with van der Waals surface area (Å²) in [6.45, 7) is 10.4. The van der Waals surface area contributed by atoms with Crippen LogP contribution in [0.2, 0.25) is 0 Å². The monoisotopic (exact) mass is 240 g/mol. The number of hydrogen-bond donors (Lipinski definition) is 1. The first-order valence-electron chi connectivity index (χ1n) is 7.79. The summed E-state index contributed by atoms with van der Waals surface area (Å²) in [6.07, 6.45) is 9.82. The molecule has 0 bridgehead atoms. The van der Waals surface area contributed by atoms with E-state index in [0.717, 1.165) is 12.6 Å². The van der Waals surface area contributed by atoms with Crippen molar-refractivity contribution in [1.82, 2.24) is 10.2 Å². The van der Waals surface area contributed by atoms with Crippen LogP contribution in [0.15, 0.2) is 0 Å². The highest BCUT2D eigenvalue weighted by Gasteiger charge is 2.21. The molecule has 1 aliphatic rings. The van der Waals surface area contributed by atoms with E-state index in [4.69, 9.17) is 0 Å². The van der Waals surface area contributed by atoms with Crippen LogP contribution in [0.5, 0.6) is 0 Å². The van der Waals surface area contributed by atoms with Crippen LogP contribution in [0, 0.1) is 0 Å². The molecule has 1 fully saturated rings. The Bertz CT molecular complexity index is 170. The maximum Gasteiger partial charge on any atom is 0.0194 e. The molecular formula is C15H32N2. The van der Waals surface area contributed by atoms with Gasteiger partial charge >= 0.3 is 0 Å². The van der Waals surface area contributed by atoms with Crippen molar-refractivity contribution in [3.8, 4) is 0 Å². The van der Waals surface area contributed by atoms with Crippen molar-refractivity contribution in [2.75, 3.05) is 19.6 Å². The van der Waals surface area contributed by atoms with Crippen molar-refractivity contribution in [2.24, 2.45) is 0 Å². The fraction of sp³-hybridized carbons (Fsp3) is 1.00. The molecule has 17 heavy (non-hydrogen) atoms. The number of nitrogens with one attached hydrogen (secondary N) is 1. The first-order valence-corrected chi connectivity index (χ1v) is 7.79. The van der Waals surface area contributed by atoms with Gasteiger partial charge in [0, 0.05) is 18.6 Å². The van der Waals surface area contributed by atoms with Crippen molar-refractivity contribution >= 4 is 0 Å². The summed E-state index contributed by atoms with van der Waals surface area (Å²) < 4.78 is 0. The maximum absolute atomic E-state index is 3.65. The molecule has 1 rings (SSSR count). The number of nitrogens with zero attached hydrogens (tertiary/aromatic N) is 1. The Kier molecular flexibility index (Phi) is 7.87. The van der Waals surface area contributed by atoms with Gasteiger partial charge in [0.05, 0.1) is 0 Å². The number of hydrogen-bond acceptors (Lipinski definition) is 2. The van der Waals surface area contributed by atoms with Crippen LogP contribution in [-0.2, 0) is 0 Å². The van der Waals surface area contributed by atoms with E-state index in [1.165, 1.54) is 58.0 Å². The van der Waals surface area contributed by atoms with Gasteiger partial charge in [-0.05, 0) is 32.4 Å². The van der Waals surface area contributed by atoms with Gasteiger partial charge in [-0.25, -0.2) is 0 Å². The zero-order valence-electron chi connectivity index (χ0n) is 12.2. The minimum Gasteiger partial charge on any atom is -0.313 e. The predicted octanol–water partition coefficient (Wildman–Crippen LogP) is 3.42. The Morgan fingerprint density at radius 2 is 1.82 bits per heavy atom. The predicted molar refractivity (Wildman–Crippen MR) is 76.5 cm³/mol. The lowest BCUT2D eigenvalue weighted by Gasteiger charge is -2.36. The molecule has 0 spiro atoms. The second kappa shape index (κ2) is 8.93. The Balaban J connectivity index is 2.41. The first kappa shape index (κ1) is 15.0. The molecule has 0 aliphatic heterocycles. The summed E-state index contributed by atoms with van der Waals surface area (Å²) >= 11 is 0. The minimum atomic E-state index is 0.701. The lowest BCUT2D eigenvalue weighted by atomic mass is 9.93. The molecule has 0 saturated heterocycles. The molecule has 0 aromatic carbocycles. The summed E-state index contributed by atoms with van der Waals surface area (Å²) in [5.41, 5.74) is 0. The third-order valence-corrected chi connectivity index (χ3v) is 4.08. The highest BCUT2D eigenvalue weighted by atomic mass is 15.2. The summed E-state index contributed by atoms with van der Waals surface area (Å²) in [7, 11) is 0. The summed E-state index contributed by atoms with van der Waals surface area (Å²) in [4.78, 5) is 2.72. The molecule has 0 amide bonds. The van der Waals surface area contributed by atoms with Gasteiger partial charge < -0.3 is 5.32 Å². The van der Waals surface area contributed by atoms with Gasteiger partial charge in [-0.2, -0.15) is 0 Å². The van der Waals surface area contributed by atoms with Crippen LogP contribution < -0.4 is 5.32 Å². The molecular weight excluding hydrogens is 208 g/mol. The Morgan fingerprint density at radius 1 is 1.12 bits per heavy atom. The smallest absolute Gasteiger partial charge is 0.0194 e. The van der Waals surface area contributed by atoms with Gasteiger partial charge in [0.25, 0.3) is 0 Å². The van der Waals surface area contributed by atoms with Gasteiger partial charge in [0.1, 0.15) is 0 Å². The molecule has 0 aromatic heterocycles. The molecule has 1 saturated carbocycles. The van der Waals surface area contributed by atoms with E-state index in [1.54, 1.807) is 0 Å². The highest BCUT2D eigenvalue weighted by molar-refractivity contribution is 4.79. The molecule has 0 heterocycles. The third-order valence-electron chi connectivity index (χ3n) is 4.08. The van der Waals surface area contributed by atoms with Crippen LogP contribution in [0.3, 0.4) is 0 Å². The topological polar surface area (TPSA) is 15.3 Å². The first-order chi connectivity index (χ1) is 8.31. The van der Waals surface area contributed by atoms with Crippen LogP contribution in [0.25, 0.3) is 0 Å². The van der Waals surface area contributed by atoms with Gasteiger partial charge in [-0.3, -0.25) is 4.90 Å². The standard InChI is InChI=1S/C15H32N2/c1-4-10-14(16-5-2)13-17(6-3)15-11-8-7-9-12-15/h14-16H,4-13H2,1-3H3. The zero-order chi connectivity index (χ0) is 12.5. The SMILES string of the molecule is CCCC(CN(CC)C1CCCCC1)NCC. The lowest BCUT2D eigenvalue weighted by molar-refractivity contribution is 0.145. The molecule has 102 valence electrons. The van der Waals surface area contributed by atoms with E-state index in [1.807, 2.05) is 0 Å². The molecule has 0 aromatic rings. The van der Waals surface area contributed by atoms with Crippen LogP contribution >= 0.6 is 0 Å². The summed E-state index contributed by atoms with van der Waals surface area (Å²) in [5, 5.41) is 3.65. The molecule has 1 aliphatic carbocycles. The average molecular weight is 240 g/mol. The average Bonchev–Trinajstić information content (AvgIpc) is 2.37. The molecule has 2 nitrogen and oxygen atoms in total. The second-order valence-electron chi connectivity index (χ2n) is 5.42. The number of rotatable bonds is 8. The van der Waals surface area contributed by atoms with Gasteiger partial charge in [0.2, 0.25) is 0 Å². The summed E-state index contributed by atoms with van der Waals surface area (Å²) in [6, 6.07) is 1.57. The molecule has 1 atom stereocenters. The van der Waals surface area contributed by atoms with Crippen molar-refractivity contribution in [1.29, 1.82) is 0 Å². The maximum atomic E-state index is 3.65. The van der Waals surface area contributed by atoms with Crippen LogP contribution in [0.1, 0.15) is 65.7 Å². The fourth-order valence-electron chi connectivity index (χ4n) is 3.16. The van der Waals surface area contributed by atoms with E-state index in [9.17, 15) is 0 Å². The normalized spacial score (nSPS) is 19.8. The Labute approximate surface area is 108 Å². The van der Waals surface area contributed by atoms with Gasteiger partial charge in [0.15, 0.2) is 0 Å². The minimum absolute atomic E-state index is 0.701. The Morgan fingerprint density at radius 3 is 2.35 bits per heavy atom. The molecule has 1 N–H and O–H groups in total. The van der Waals surface area contributed by atoms with Crippen molar-refractivity contribution in [3.05, 3.63) is 0 Å². The quantitative estimate of drug-likeness (QED) is 0.699. The van der Waals surface area contributed by atoms with Gasteiger partial charge in [-0.1, -0.05) is 46.5 Å². The van der Waals surface area contributed by atoms with E-state index in [2.05, 4.69) is 31.0 Å². The molecule has 2 heteroatoms. The van der Waals surface area contributed by atoms with E-state index in [0.29, 0.717) is 6.04 Å². The van der Waals surface area contributed by atoms with Crippen molar-refractivity contribution in [2.45, 2.75) is 77.8 Å². The van der Waals surface area contributed by atoms with Crippen molar-refractivity contribution < 1.29 is 0 Å². The third kappa shape index (κ3) is 5.39. The van der Waals surface area contributed by atoms with E-state index >= 15 is 0 Å². The molecule has 1 unspecified atom stereocenters. The van der Waals surface area contributed by atoms with E-state index in [-0.39, 0.29) is 0 Å². The van der Waals surface area contributed by atoms with Gasteiger partial charge in [-0.15, -0.1) is 0 Å². The van der Waals surface area contributed by atoms with Crippen LogP contribution in [0.4, 0.5) is 0 Å². The highest BCUT2D eigenvalue weighted by Crippen LogP contribution is 2.22. The molecule has 0 radical (unpaired) electrons.